The summed E-state index contributed by atoms with van der Waals surface area (Å²) >= 11 is 7.99. The molecule has 4 aromatic heterocycles. The third kappa shape index (κ3) is 3.96. The van der Waals surface area contributed by atoms with Crippen LogP contribution in [-0.4, -0.2) is 35.4 Å². The largest absolute Gasteiger partial charge is 0.382 e. The molecule has 11 heteroatoms. The van der Waals surface area contributed by atoms with Crippen LogP contribution in [0.3, 0.4) is 0 Å². The Bertz CT molecular complexity index is 1750. The van der Waals surface area contributed by atoms with E-state index in [4.69, 9.17) is 17.3 Å². The van der Waals surface area contributed by atoms with E-state index < -0.39 is 0 Å². The lowest BCUT2D eigenvalue weighted by atomic mass is 10.1. The van der Waals surface area contributed by atoms with Gasteiger partial charge in [-0.3, -0.25) is 4.79 Å². The molecule has 0 atom stereocenters. The van der Waals surface area contributed by atoms with E-state index in [1.165, 1.54) is 6.33 Å². The van der Waals surface area contributed by atoms with E-state index in [0.29, 0.717) is 40.7 Å². The van der Waals surface area contributed by atoms with E-state index in [0.717, 1.165) is 37.4 Å². The fourth-order valence-corrected chi connectivity index (χ4v) is 5.33. The number of hydrogen-bond acceptors (Lipinski definition) is 7. The topological polar surface area (TPSA) is 127 Å². The third-order valence-electron chi connectivity index (χ3n) is 5.80. The van der Waals surface area contributed by atoms with Crippen molar-refractivity contribution in [3.05, 3.63) is 75.9 Å². The molecular formula is C24H19ClN8OS. The lowest BCUT2D eigenvalue weighted by Gasteiger charge is -2.07. The summed E-state index contributed by atoms with van der Waals surface area (Å²) in [6.07, 6.45) is 3.11. The van der Waals surface area contributed by atoms with Crippen molar-refractivity contribution in [2.45, 2.75) is 20.0 Å². The summed E-state index contributed by atoms with van der Waals surface area (Å²) in [4.78, 5) is 33.3. The van der Waals surface area contributed by atoms with E-state index in [1.54, 1.807) is 23.7 Å². The summed E-state index contributed by atoms with van der Waals surface area (Å²) < 4.78 is 2.90. The molecule has 1 amide bonds. The summed E-state index contributed by atoms with van der Waals surface area (Å²) in [7, 11) is 0. The van der Waals surface area contributed by atoms with Crippen molar-refractivity contribution in [2.75, 3.05) is 5.73 Å². The van der Waals surface area contributed by atoms with Crippen LogP contribution in [0.15, 0.2) is 49.1 Å². The number of benzene rings is 2. The van der Waals surface area contributed by atoms with Crippen LogP contribution in [0, 0.1) is 6.92 Å². The number of hydrogen-bond donors (Lipinski definition) is 3. The van der Waals surface area contributed by atoms with Gasteiger partial charge in [0.1, 0.15) is 11.8 Å². The average molecular weight is 503 g/mol. The van der Waals surface area contributed by atoms with Gasteiger partial charge < -0.3 is 20.6 Å². The molecule has 9 nitrogen and oxygen atoms in total. The first-order chi connectivity index (χ1) is 16.9. The molecule has 0 spiro atoms. The van der Waals surface area contributed by atoms with Crippen molar-refractivity contribution in [1.82, 2.24) is 34.8 Å². The molecule has 2 aromatic carbocycles. The zero-order valence-electron chi connectivity index (χ0n) is 18.5. The van der Waals surface area contributed by atoms with Crippen LogP contribution in [-0.2, 0) is 13.1 Å². The van der Waals surface area contributed by atoms with Gasteiger partial charge in [-0.05, 0) is 48.9 Å². The van der Waals surface area contributed by atoms with Gasteiger partial charge in [-0.1, -0.05) is 11.6 Å². The second kappa shape index (κ2) is 8.33. The maximum atomic E-state index is 12.8. The van der Waals surface area contributed by atoms with Crippen molar-refractivity contribution in [3.8, 4) is 0 Å². The van der Waals surface area contributed by atoms with Crippen molar-refractivity contribution >= 4 is 66.9 Å². The molecule has 0 aliphatic heterocycles. The smallest absolute Gasteiger partial charge is 0.251 e. The van der Waals surface area contributed by atoms with E-state index >= 15 is 0 Å². The number of thiazole rings is 1. The fourth-order valence-electron chi connectivity index (χ4n) is 4.21. The Morgan fingerprint density at radius 3 is 2.97 bits per heavy atom. The molecule has 6 aromatic rings. The number of rotatable bonds is 5. The summed E-state index contributed by atoms with van der Waals surface area (Å²) in [5, 5.41) is 5.54. The number of amides is 1. The second-order valence-electron chi connectivity index (χ2n) is 8.23. The quantitative estimate of drug-likeness (QED) is 0.320. The third-order valence-corrected chi connectivity index (χ3v) is 6.95. The Labute approximate surface area is 208 Å². The van der Waals surface area contributed by atoms with Gasteiger partial charge in [-0.25, -0.2) is 19.9 Å². The number of halogens is 1. The minimum Gasteiger partial charge on any atom is -0.382 e. The maximum Gasteiger partial charge on any atom is 0.251 e. The first-order valence-electron chi connectivity index (χ1n) is 10.8. The van der Waals surface area contributed by atoms with Gasteiger partial charge in [0.2, 0.25) is 0 Å². The van der Waals surface area contributed by atoms with Crippen LogP contribution in [0.4, 0.5) is 5.82 Å². The van der Waals surface area contributed by atoms with Gasteiger partial charge in [-0.15, -0.1) is 11.3 Å². The highest BCUT2D eigenvalue weighted by molar-refractivity contribution is 7.18. The normalized spacial score (nSPS) is 11.6. The molecule has 0 aliphatic rings. The number of aromatic amines is 1. The van der Waals surface area contributed by atoms with Gasteiger partial charge >= 0.3 is 0 Å². The molecule has 174 valence electrons. The molecule has 0 saturated carbocycles. The van der Waals surface area contributed by atoms with E-state index in [9.17, 15) is 4.79 Å². The maximum absolute atomic E-state index is 12.8. The number of H-pyrrole nitrogens is 1. The fraction of sp³-hybridized carbons (Fsp3) is 0.125. The molecule has 0 bridgehead atoms. The molecule has 0 aliphatic carbocycles. The Morgan fingerprint density at radius 1 is 1.20 bits per heavy atom. The predicted molar refractivity (Wildman–Crippen MR) is 138 cm³/mol. The first-order valence-corrected chi connectivity index (χ1v) is 12.0. The number of aryl methyl sites for hydroxylation is 1. The number of aromatic nitrogens is 6. The molecule has 4 N–H and O–H groups in total. The van der Waals surface area contributed by atoms with Crippen LogP contribution in [0.25, 0.3) is 32.3 Å². The molecule has 0 radical (unpaired) electrons. The average Bonchev–Trinajstić information content (AvgIpc) is 3.53. The highest BCUT2D eigenvalue weighted by Crippen LogP contribution is 2.27. The lowest BCUT2D eigenvalue weighted by Crippen LogP contribution is -2.22. The summed E-state index contributed by atoms with van der Waals surface area (Å²) in [5.41, 5.74) is 11.4. The standard InChI is InChI=1S/C24H19ClN8OS/c1-12-31-18-3-2-13(7-19(18)35-12)24(34)27-8-17-6-14-4-16(25)5-15(20(14)32-17)9-33-11-30-21-22(26)28-10-29-23(21)33/h2-7,10-11,32H,8-9H2,1H3,(H,27,34)(H2,26,28,29). The predicted octanol–water partition coefficient (Wildman–Crippen LogP) is 4.44. The molecule has 0 saturated heterocycles. The van der Waals surface area contributed by atoms with E-state index in [-0.39, 0.29) is 5.91 Å². The first kappa shape index (κ1) is 21.5. The zero-order chi connectivity index (χ0) is 24.1. The molecular weight excluding hydrogens is 484 g/mol. The molecule has 0 unspecified atom stereocenters. The minimum atomic E-state index is -0.142. The van der Waals surface area contributed by atoms with E-state index in [2.05, 4.69) is 30.2 Å². The zero-order valence-corrected chi connectivity index (χ0v) is 20.1. The van der Waals surface area contributed by atoms with Crippen LogP contribution < -0.4 is 11.1 Å². The van der Waals surface area contributed by atoms with Crippen molar-refractivity contribution in [1.29, 1.82) is 0 Å². The molecule has 35 heavy (non-hydrogen) atoms. The van der Waals surface area contributed by atoms with E-state index in [1.807, 2.05) is 41.8 Å². The Morgan fingerprint density at radius 2 is 2.09 bits per heavy atom. The van der Waals surface area contributed by atoms with Crippen LogP contribution in [0.5, 0.6) is 0 Å². The number of imidazole rings is 1. The monoisotopic (exact) mass is 502 g/mol. The number of nitrogens with zero attached hydrogens (tertiary/aromatic N) is 5. The number of nitrogens with two attached hydrogens (primary N) is 1. The SMILES string of the molecule is Cc1nc2ccc(C(=O)NCc3cc4cc(Cl)cc(Cn5cnc6c(N)ncnc65)c4[nH]3)cc2s1. The van der Waals surface area contributed by atoms with Crippen LogP contribution in [0.2, 0.25) is 5.02 Å². The van der Waals surface area contributed by atoms with Gasteiger partial charge in [0.05, 0.1) is 40.2 Å². The molecule has 4 heterocycles. The number of carbonyl (C=O) groups excluding carboxylic acids is 1. The summed E-state index contributed by atoms with van der Waals surface area (Å²) in [6.45, 7) is 2.80. The number of anilines is 1. The highest BCUT2D eigenvalue weighted by Gasteiger charge is 2.14. The number of nitrogen functional groups attached to an aromatic ring is 1. The Kier molecular flexibility index (Phi) is 5.12. The molecule has 6 rings (SSSR count). The highest BCUT2D eigenvalue weighted by atomic mass is 35.5. The van der Waals surface area contributed by atoms with Crippen molar-refractivity contribution < 1.29 is 4.79 Å². The van der Waals surface area contributed by atoms with Gasteiger partial charge in [-0.2, -0.15) is 0 Å². The lowest BCUT2D eigenvalue weighted by molar-refractivity contribution is 0.0950. The number of carbonyl (C=O) groups is 1. The summed E-state index contributed by atoms with van der Waals surface area (Å²) in [6, 6.07) is 11.4. The van der Waals surface area contributed by atoms with Crippen molar-refractivity contribution in [2.24, 2.45) is 0 Å². The Hall–Kier alpha value is -4.02. The van der Waals surface area contributed by atoms with Gasteiger partial charge in [0, 0.05) is 21.7 Å². The van der Waals surface area contributed by atoms with Gasteiger partial charge in [0.15, 0.2) is 11.5 Å². The van der Waals surface area contributed by atoms with Gasteiger partial charge in [0.25, 0.3) is 5.91 Å². The molecule has 0 fully saturated rings. The van der Waals surface area contributed by atoms with Crippen LogP contribution in [0.1, 0.15) is 26.6 Å². The Balaban J connectivity index is 1.25. The number of fused-ring (bicyclic) bond motifs is 3. The second-order valence-corrected chi connectivity index (χ2v) is 9.90. The number of nitrogens with one attached hydrogen (secondary N) is 2. The van der Waals surface area contributed by atoms with Crippen molar-refractivity contribution in [3.63, 3.8) is 0 Å². The minimum absolute atomic E-state index is 0.142. The van der Waals surface area contributed by atoms with Crippen LogP contribution >= 0.6 is 22.9 Å². The summed E-state index contributed by atoms with van der Waals surface area (Å²) in [5.74, 6) is 0.199.